The molecule has 0 spiro atoms. The summed E-state index contributed by atoms with van der Waals surface area (Å²) in [5.41, 5.74) is 0. The molecule has 0 bridgehead atoms. The average molecular weight is 214 g/mol. The number of aliphatic carboxylic acids is 1. The molecular weight excluding hydrogens is 196 g/mol. The van der Waals surface area contributed by atoms with Gasteiger partial charge in [0.1, 0.15) is 0 Å². The first-order valence-electron chi connectivity index (χ1n) is 5.28. The summed E-state index contributed by atoms with van der Waals surface area (Å²) in [6.07, 6.45) is 0.207. The van der Waals surface area contributed by atoms with Gasteiger partial charge in [0.2, 0.25) is 5.91 Å². The first-order valence-corrected chi connectivity index (χ1v) is 5.28. The highest BCUT2D eigenvalue weighted by Crippen LogP contribution is 2.21. The highest BCUT2D eigenvalue weighted by atomic mass is 16.4. The fourth-order valence-electron chi connectivity index (χ4n) is 1.79. The van der Waals surface area contributed by atoms with Crippen molar-refractivity contribution < 1.29 is 14.7 Å². The zero-order valence-electron chi connectivity index (χ0n) is 9.19. The van der Waals surface area contributed by atoms with E-state index in [1.54, 1.807) is 0 Å². The fourth-order valence-corrected chi connectivity index (χ4v) is 1.79. The molecule has 0 aromatic rings. The van der Waals surface area contributed by atoms with Crippen LogP contribution in [0.4, 0.5) is 0 Å². The maximum Gasteiger partial charge on any atom is 0.303 e. The van der Waals surface area contributed by atoms with Gasteiger partial charge in [0.05, 0.1) is 12.5 Å². The zero-order chi connectivity index (χ0) is 11.4. The number of hydrogen-bond donors (Lipinski definition) is 2. The third kappa shape index (κ3) is 3.20. The lowest BCUT2D eigenvalue weighted by Crippen LogP contribution is -2.56. The molecule has 1 atom stereocenters. The molecule has 2 N–H and O–H groups in total. The summed E-state index contributed by atoms with van der Waals surface area (Å²) in [6.45, 7) is 5.79. The molecule has 1 unspecified atom stereocenters. The Bertz CT molecular complexity index is 249. The minimum atomic E-state index is -0.759. The lowest BCUT2D eigenvalue weighted by molar-refractivity contribution is -0.140. The molecule has 0 radical (unpaired) electrons. The molecule has 0 aromatic carbocycles. The van der Waals surface area contributed by atoms with E-state index in [-0.39, 0.29) is 24.3 Å². The lowest BCUT2D eigenvalue weighted by Gasteiger charge is -2.41. The highest BCUT2D eigenvalue weighted by molar-refractivity contribution is 5.81. The van der Waals surface area contributed by atoms with E-state index < -0.39 is 5.97 Å². The van der Waals surface area contributed by atoms with Crippen molar-refractivity contribution in [1.29, 1.82) is 0 Å². The topological polar surface area (TPSA) is 69.6 Å². The minimum Gasteiger partial charge on any atom is -0.481 e. The number of rotatable bonds is 5. The predicted octanol–water partition coefficient (Wildman–Crippen LogP) is -0.0825. The zero-order valence-corrected chi connectivity index (χ0v) is 9.19. The van der Waals surface area contributed by atoms with Crippen molar-refractivity contribution in [2.24, 2.45) is 5.92 Å². The van der Waals surface area contributed by atoms with Crippen LogP contribution in [-0.2, 0) is 9.59 Å². The summed E-state index contributed by atoms with van der Waals surface area (Å²) in [5.74, 6) is -0.532. The molecule has 86 valence electrons. The van der Waals surface area contributed by atoms with Gasteiger partial charge in [-0.3, -0.25) is 14.5 Å². The van der Waals surface area contributed by atoms with Gasteiger partial charge in [-0.15, -0.1) is 0 Å². The maximum absolute atomic E-state index is 11.4. The highest BCUT2D eigenvalue weighted by Gasteiger charge is 2.34. The Morgan fingerprint density at radius 1 is 1.53 bits per heavy atom. The minimum absolute atomic E-state index is 0.0197. The number of amides is 1. The Kier molecular flexibility index (Phi) is 4.08. The van der Waals surface area contributed by atoms with Crippen LogP contribution in [-0.4, -0.2) is 47.6 Å². The Morgan fingerprint density at radius 2 is 2.13 bits per heavy atom. The van der Waals surface area contributed by atoms with Crippen LogP contribution in [0.2, 0.25) is 0 Å². The smallest absolute Gasteiger partial charge is 0.303 e. The van der Waals surface area contributed by atoms with Crippen molar-refractivity contribution in [3.05, 3.63) is 0 Å². The largest absolute Gasteiger partial charge is 0.481 e. The van der Waals surface area contributed by atoms with E-state index in [0.717, 1.165) is 0 Å². The number of carboxylic acid groups (broad SMARTS) is 1. The molecule has 1 aliphatic rings. The molecule has 1 heterocycles. The van der Waals surface area contributed by atoms with Crippen LogP contribution >= 0.6 is 0 Å². The van der Waals surface area contributed by atoms with E-state index in [0.29, 0.717) is 19.6 Å². The first kappa shape index (κ1) is 12.0. The second-order valence-electron chi connectivity index (χ2n) is 3.99. The molecule has 1 amide bonds. The van der Waals surface area contributed by atoms with Gasteiger partial charge in [-0.1, -0.05) is 0 Å². The summed E-state index contributed by atoms with van der Waals surface area (Å²) < 4.78 is 0. The van der Waals surface area contributed by atoms with Crippen LogP contribution < -0.4 is 5.32 Å². The van der Waals surface area contributed by atoms with Gasteiger partial charge in [-0.05, 0) is 19.8 Å². The molecule has 1 fully saturated rings. The molecule has 15 heavy (non-hydrogen) atoms. The van der Waals surface area contributed by atoms with Crippen LogP contribution in [0.25, 0.3) is 0 Å². The number of carboxylic acids is 1. The lowest BCUT2D eigenvalue weighted by atomic mass is 9.94. The normalized spacial score (nSPS) is 19.3. The van der Waals surface area contributed by atoms with Crippen LogP contribution in [0.5, 0.6) is 0 Å². The summed E-state index contributed by atoms with van der Waals surface area (Å²) in [5, 5.41) is 11.3. The number of likely N-dealkylation sites (tertiary alicyclic amines) is 1. The van der Waals surface area contributed by atoms with Crippen molar-refractivity contribution in [2.75, 3.05) is 19.6 Å². The Hall–Kier alpha value is -1.10. The Morgan fingerprint density at radius 3 is 2.60 bits per heavy atom. The van der Waals surface area contributed by atoms with Gasteiger partial charge < -0.3 is 10.4 Å². The first-order chi connectivity index (χ1) is 7.04. The van der Waals surface area contributed by atoms with Crippen molar-refractivity contribution in [3.63, 3.8) is 0 Å². The monoisotopic (exact) mass is 214 g/mol. The van der Waals surface area contributed by atoms with E-state index in [1.165, 1.54) is 0 Å². The van der Waals surface area contributed by atoms with Crippen LogP contribution in [0.15, 0.2) is 0 Å². The van der Waals surface area contributed by atoms with Gasteiger partial charge in [-0.25, -0.2) is 0 Å². The van der Waals surface area contributed by atoms with Crippen LogP contribution in [0.1, 0.15) is 20.3 Å². The van der Waals surface area contributed by atoms with Gasteiger partial charge in [-0.2, -0.15) is 0 Å². The van der Waals surface area contributed by atoms with Crippen LogP contribution in [0, 0.1) is 5.92 Å². The van der Waals surface area contributed by atoms with E-state index in [9.17, 15) is 9.59 Å². The second-order valence-corrected chi connectivity index (χ2v) is 3.99. The van der Waals surface area contributed by atoms with Crippen molar-refractivity contribution in [2.45, 2.75) is 26.3 Å². The molecule has 1 rings (SSSR count). The SMILES string of the molecule is CCNC(=O)C(C)N1CC(CC(=O)O)C1. The van der Waals surface area contributed by atoms with Gasteiger partial charge in [0.25, 0.3) is 0 Å². The average Bonchev–Trinajstić information content (AvgIpc) is 2.09. The van der Waals surface area contributed by atoms with Crippen molar-refractivity contribution in [3.8, 4) is 0 Å². The number of nitrogens with one attached hydrogen (secondary N) is 1. The van der Waals surface area contributed by atoms with Gasteiger partial charge >= 0.3 is 5.97 Å². The molecule has 0 aliphatic carbocycles. The van der Waals surface area contributed by atoms with Crippen molar-refractivity contribution in [1.82, 2.24) is 10.2 Å². The third-order valence-electron chi connectivity index (χ3n) is 2.73. The summed E-state index contributed by atoms with van der Waals surface area (Å²) in [4.78, 5) is 23.9. The third-order valence-corrected chi connectivity index (χ3v) is 2.73. The quantitative estimate of drug-likeness (QED) is 0.671. The van der Waals surface area contributed by atoms with Gasteiger partial charge in [0, 0.05) is 19.6 Å². The maximum atomic E-state index is 11.4. The molecule has 1 saturated heterocycles. The number of likely N-dealkylation sites (N-methyl/N-ethyl adjacent to an activating group) is 1. The predicted molar refractivity (Wildman–Crippen MR) is 55.5 cm³/mol. The summed E-state index contributed by atoms with van der Waals surface area (Å²) >= 11 is 0. The number of nitrogens with zero attached hydrogens (tertiary/aromatic N) is 1. The molecule has 1 aliphatic heterocycles. The van der Waals surface area contributed by atoms with E-state index in [1.807, 2.05) is 18.7 Å². The molecular formula is C10H18N2O3. The molecule has 5 heteroatoms. The molecule has 0 aromatic heterocycles. The van der Waals surface area contributed by atoms with E-state index in [2.05, 4.69) is 5.32 Å². The molecule has 0 saturated carbocycles. The molecule has 5 nitrogen and oxygen atoms in total. The summed E-state index contributed by atoms with van der Waals surface area (Å²) in [7, 11) is 0. The fraction of sp³-hybridized carbons (Fsp3) is 0.800. The van der Waals surface area contributed by atoms with Crippen LogP contribution in [0.3, 0.4) is 0 Å². The Labute approximate surface area is 89.4 Å². The van der Waals surface area contributed by atoms with E-state index in [4.69, 9.17) is 5.11 Å². The number of hydrogen-bond acceptors (Lipinski definition) is 3. The van der Waals surface area contributed by atoms with E-state index >= 15 is 0 Å². The van der Waals surface area contributed by atoms with Crippen molar-refractivity contribution >= 4 is 11.9 Å². The standard InChI is InChI=1S/C10H18N2O3/c1-3-11-10(15)7(2)12-5-8(6-12)4-9(13)14/h7-8H,3-6H2,1-2H3,(H,11,15)(H,13,14). The Balaban J connectivity index is 2.25. The number of carbonyl (C=O) groups is 2. The van der Waals surface area contributed by atoms with Gasteiger partial charge in [0.15, 0.2) is 0 Å². The second kappa shape index (κ2) is 5.11. The number of carbonyl (C=O) groups excluding carboxylic acids is 1. The summed E-state index contributed by atoms with van der Waals surface area (Å²) in [6, 6.07) is -0.144.